The molecule has 1 aromatic carbocycles. The van der Waals surface area contributed by atoms with Gasteiger partial charge in [-0.15, -0.1) is 17.8 Å². The molecule has 0 spiro atoms. The van der Waals surface area contributed by atoms with Crippen LogP contribution in [0.2, 0.25) is 0 Å². The van der Waals surface area contributed by atoms with E-state index in [9.17, 15) is 4.39 Å². The number of thiazole rings is 1. The standard InChI is InChI=1S/C13H10FN3S/c1-3-10-5-4-6-12(14)11(10)7-15-17-13-16-9(2)8-18-13/h1,4-8H,2H3,(H,16,17). The molecule has 18 heavy (non-hydrogen) atoms. The zero-order valence-corrected chi connectivity index (χ0v) is 10.5. The Kier molecular flexibility index (Phi) is 3.70. The first-order chi connectivity index (χ1) is 8.70. The van der Waals surface area contributed by atoms with E-state index < -0.39 is 5.82 Å². The maximum absolute atomic E-state index is 13.5. The summed E-state index contributed by atoms with van der Waals surface area (Å²) in [5.74, 6) is 2.02. The minimum Gasteiger partial charge on any atom is -0.253 e. The zero-order chi connectivity index (χ0) is 13.0. The van der Waals surface area contributed by atoms with Crippen molar-refractivity contribution < 1.29 is 4.39 Å². The summed E-state index contributed by atoms with van der Waals surface area (Å²) < 4.78 is 13.5. The summed E-state index contributed by atoms with van der Waals surface area (Å²) >= 11 is 1.43. The third kappa shape index (κ3) is 2.73. The fourth-order valence-electron chi connectivity index (χ4n) is 1.35. The van der Waals surface area contributed by atoms with Gasteiger partial charge in [-0.05, 0) is 19.1 Å². The molecule has 0 saturated heterocycles. The topological polar surface area (TPSA) is 37.3 Å². The summed E-state index contributed by atoms with van der Waals surface area (Å²) in [7, 11) is 0. The van der Waals surface area contributed by atoms with E-state index in [0.717, 1.165) is 5.69 Å². The quantitative estimate of drug-likeness (QED) is 0.522. The summed E-state index contributed by atoms with van der Waals surface area (Å²) in [5, 5.41) is 6.48. The molecule has 0 aliphatic carbocycles. The minimum absolute atomic E-state index is 0.292. The lowest BCUT2D eigenvalue weighted by molar-refractivity contribution is 0.625. The number of rotatable bonds is 3. The monoisotopic (exact) mass is 259 g/mol. The Balaban J connectivity index is 2.17. The van der Waals surface area contributed by atoms with Gasteiger partial charge in [0.1, 0.15) is 5.82 Å². The van der Waals surface area contributed by atoms with Gasteiger partial charge in [-0.25, -0.2) is 9.37 Å². The molecule has 0 aliphatic heterocycles. The molecule has 0 atom stereocenters. The van der Waals surface area contributed by atoms with Crippen molar-refractivity contribution >= 4 is 22.7 Å². The van der Waals surface area contributed by atoms with Crippen molar-refractivity contribution in [3.63, 3.8) is 0 Å². The van der Waals surface area contributed by atoms with Gasteiger partial charge >= 0.3 is 0 Å². The summed E-state index contributed by atoms with van der Waals surface area (Å²) in [6.07, 6.45) is 6.66. The van der Waals surface area contributed by atoms with Gasteiger partial charge in [-0.3, -0.25) is 5.43 Å². The molecule has 0 fully saturated rings. The number of hydrogen-bond acceptors (Lipinski definition) is 4. The Bertz CT molecular complexity index is 625. The molecule has 5 heteroatoms. The van der Waals surface area contributed by atoms with Gasteiger partial charge in [0.25, 0.3) is 0 Å². The number of nitrogens with one attached hydrogen (secondary N) is 1. The van der Waals surface area contributed by atoms with E-state index in [0.29, 0.717) is 16.3 Å². The van der Waals surface area contributed by atoms with E-state index in [1.807, 2.05) is 12.3 Å². The van der Waals surface area contributed by atoms with Crippen molar-refractivity contribution in [2.45, 2.75) is 6.92 Å². The Morgan fingerprint density at radius 3 is 3.06 bits per heavy atom. The predicted octanol–water partition coefficient (Wildman–Crippen LogP) is 3.02. The summed E-state index contributed by atoms with van der Waals surface area (Å²) in [6, 6.07) is 4.58. The van der Waals surface area contributed by atoms with Crippen LogP contribution in [0.1, 0.15) is 16.8 Å². The fraction of sp³-hybridized carbons (Fsp3) is 0.0769. The molecule has 0 unspecified atom stereocenters. The van der Waals surface area contributed by atoms with Crippen LogP contribution in [0, 0.1) is 25.1 Å². The van der Waals surface area contributed by atoms with Crippen molar-refractivity contribution in [3.8, 4) is 12.3 Å². The Labute approximate surface area is 108 Å². The molecule has 0 aliphatic rings. The highest BCUT2D eigenvalue weighted by atomic mass is 32.1. The molecule has 1 aromatic heterocycles. The number of nitrogens with zero attached hydrogens (tertiary/aromatic N) is 2. The summed E-state index contributed by atoms with van der Waals surface area (Å²) in [5.41, 5.74) is 4.40. The third-order valence-corrected chi connectivity index (χ3v) is 3.05. The molecule has 1 N–H and O–H groups in total. The number of benzene rings is 1. The van der Waals surface area contributed by atoms with Gasteiger partial charge in [0, 0.05) is 16.5 Å². The van der Waals surface area contributed by atoms with E-state index >= 15 is 0 Å². The summed E-state index contributed by atoms with van der Waals surface area (Å²) in [6.45, 7) is 1.89. The SMILES string of the molecule is C#Cc1cccc(F)c1C=NNc1nc(C)cs1. The molecular formula is C13H10FN3S. The lowest BCUT2D eigenvalue weighted by Crippen LogP contribution is -1.96. The molecule has 2 aromatic rings. The predicted molar refractivity (Wildman–Crippen MR) is 72.4 cm³/mol. The maximum atomic E-state index is 13.5. The van der Waals surface area contributed by atoms with Gasteiger partial charge < -0.3 is 0 Å². The minimum atomic E-state index is -0.397. The van der Waals surface area contributed by atoms with E-state index in [1.54, 1.807) is 12.1 Å². The first-order valence-electron chi connectivity index (χ1n) is 5.17. The molecular weight excluding hydrogens is 249 g/mol. The van der Waals surface area contributed by atoms with Crippen LogP contribution >= 0.6 is 11.3 Å². The number of terminal acetylenes is 1. The Morgan fingerprint density at radius 1 is 1.56 bits per heavy atom. The van der Waals surface area contributed by atoms with Gasteiger partial charge in [-0.2, -0.15) is 5.10 Å². The van der Waals surface area contributed by atoms with Crippen LogP contribution in [0.15, 0.2) is 28.7 Å². The highest BCUT2D eigenvalue weighted by molar-refractivity contribution is 7.13. The smallest absolute Gasteiger partial charge is 0.203 e. The van der Waals surface area contributed by atoms with Gasteiger partial charge in [0.05, 0.1) is 11.9 Å². The van der Waals surface area contributed by atoms with Crippen molar-refractivity contribution in [2.75, 3.05) is 5.43 Å². The fourth-order valence-corrected chi connectivity index (χ4v) is 1.99. The normalized spacial score (nSPS) is 10.5. The van der Waals surface area contributed by atoms with Crippen LogP contribution < -0.4 is 5.43 Å². The Hall–Kier alpha value is -2.19. The van der Waals surface area contributed by atoms with E-state index in [4.69, 9.17) is 6.42 Å². The number of hydrogen-bond donors (Lipinski definition) is 1. The van der Waals surface area contributed by atoms with Crippen LogP contribution in [-0.4, -0.2) is 11.2 Å². The molecule has 2 rings (SSSR count). The molecule has 3 nitrogen and oxygen atoms in total. The molecule has 0 bridgehead atoms. The average Bonchev–Trinajstić information content (AvgIpc) is 2.77. The van der Waals surface area contributed by atoms with Crippen molar-refractivity contribution in [1.29, 1.82) is 0 Å². The summed E-state index contributed by atoms with van der Waals surface area (Å²) in [4.78, 5) is 4.17. The molecule has 90 valence electrons. The number of halogens is 1. The van der Waals surface area contributed by atoms with Crippen LogP contribution in [0.3, 0.4) is 0 Å². The van der Waals surface area contributed by atoms with Crippen molar-refractivity contribution in [3.05, 3.63) is 46.2 Å². The van der Waals surface area contributed by atoms with Gasteiger partial charge in [0.2, 0.25) is 5.13 Å². The highest BCUT2D eigenvalue weighted by Crippen LogP contribution is 2.14. The first-order valence-corrected chi connectivity index (χ1v) is 6.05. The van der Waals surface area contributed by atoms with Crippen LogP contribution in [-0.2, 0) is 0 Å². The second-order valence-electron chi connectivity index (χ2n) is 3.51. The number of aromatic nitrogens is 1. The number of aryl methyl sites for hydroxylation is 1. The number of anilines is 1. The van der Waals surface area contributed by atoms with Gasteiger partial charge in [-0.1, -0.05) is 12.0 Å². The second-order valence-corrected chi connectivity index (χ2v) is 4.37. The van der Waals surface area contributed by atoms with E-state index in [2.05, 4.69) is 21.4 Å². The lowest BCUT2D eigenvalue weighted by atomic mass is 10.1. The average molecular weight is 259 g/mol. The van der Waals surface area contributed by atoms with Crippen molar-refractivity contribution in [2.24, 2.45) is 5.10 Å². The molecule has 0 amide bonds. The highest BCUT2D eigenvalue weighted by Gasteiger charge is 2.03. The molecule has 0 saturated carbocycles. The second kappa shape index (κ2) is 5.43. The van der Waals surface area contributed by atoms with Crippen molar-refractivity contribution in [1.82, 2.24) is 4.98 Å². The lowest BCUT2D eigenvalue weighted by Gasteiger charge is -2.00. The van der Waals surface area contributed by atoms with E-state index in [-0.39, 0.29) is 0 Å². The van der Waals surface area contributed by atoms with Crippen LogP contribution in [0.4, 0.5) is 9.52 Å². The number of hydrazone groups is 1. The van der Waals surface area contributed by atoms with E-state index in [1.165, 1.54) is 23.6 Å². The largest absolute Gasteiger partial charge is 0.253 e. The molecule has 1 heterocycles. The molecule has 0 radical (unpaired) electrons. The Morgan fingerprint density at radius 2 is 2.39 bits per heavy atom. The van der Waals surface area contributed by atoms with Crippen LogP contribution in [0.25, 0.3) is 0 Å². The maximum Gasteiger partial charge on any atom is 0.203 e. The van der Waals surface area contributed by atoms with Gasteiger partial charge in [0.15, 0.2) is 0 Å². The first kappa shape index (κ1) is 12.3. The zero-order valence-electron chi connectivity index (χ0n) is 9.64. The third-order valence-electron chi connectivity index (χ3n) is 2.18. The van der Waals surface area contributed by atoms with Crippen LogP contribution in [0.5, 0.6) is 0 Å².